The molecule has 2 atom stereocenters. The topological polar surface area (TPSA) is 131 Å². The van der Waals surface area contributed by atoms with Crippen molar-refractivity contribution >= 4 is 23.8 Å². The van der Waals surface area contributed by atoms with Gasteiger partial charge in [0.2, 0.25) is 17.7 Å². The molecule has 0 aliphatic heterocycles. The summed E-state index contributed by atoms with van der Waals surface area (Å²) in [5.41, 5.74) is 6.57. The molecule has 1 rings (SSSR count). The van der Waals surface area contributed by atoms with Crippen molar-refractivity contribution in [2.45, 2.75) is 124 Å². The Morgan fingerprint density at radius 1 is 1.00 bits per heavy atom. The monoisotopic (exact) mass is 546 g/mol. The standard InChI is InChI=1S/C30H50N4O5/c1-10-12-13-18-32-26(36)25(22-15-14-20(3)21(4)19-22)34(30(8,9)11-2)27(37)23(16-17-24(31)35)33-28(38)39-29(5,6)7/h14-15,19,23,25H,10-13,16-18H2,1-9H3,(H2,31,35)(H,32,36)(H,33,38). The average Bonchev–Trinajstić information content (AvgIpc) is 2.82. The van der Waals surface area contributed by atoms with Gasteiger partial charge in [-0.3, -0.25) is 14.4 Å². The number of unbranched alkanes of at least 4 members (excludes halogenated alkanes) is 2. The van der Waals surface area contributed by atoms with Crippen LogP contribution in [0.5, 0.6) is 0 Å². The van der Waals surface area contributed by atoms with Crippen LogP contribution in [0.25, 0.3) is 0 Å². The number of rotatable bonds is 14. The molecule has 1 aromatic rings. The van der Waals surface area contributed by atoms with Crippen LogP contribution in [-0.2, 0) is 19.1 Å². The third-order valence-corrected chi connectivity index (χ3v) is 6.86. The van der Waals surface area contributed by atoms with Crippen LogP contribution in [0.4, 0.5) is 4.79 Å². The Hall–Kier alpha value is -3.10. The van der Waals surface area contributed by atoms with E-state index in [0.717, 1.165) is 30.4 Å². The van der Waals surface area contributed by atoms with Gasteiger partial charge in [0.1, 0.15) is 17.7 Å². The molecule has 0 heterocycles. The molecule has 4 N–H and O–H groups in total. The number of hydrogen-bond acceptors (Lipinski definition) is 5. The SMILES string of the molecule is CCCCCNC(=O)C(c1ccc(C)c(C)c1)N(C(=O)C(CCC(N)=O)NC(=O)OC(C)(C)C)C(C)(C)CC. The van der Waals surface area contributed by atoms with Crippen molar-refractivity contribution < 1.29 is 23.9 Å². The predicted molar refractivity (Wildman–Crippen MR) is 154 cm³/mol. The number of nitrogens with two attached hydrogens (primary N) is 1. The van der Waals surface area contributed by atoms with Gasteiger partial charge in [0.15, 0.2) is 0 Å². The highest BCUT2D eigenvalue weighted by Gasteiger charge is 2.43. The zero-order valence-corrected chi connectivity index (χ0v) is 25.4. The lowest BCUT2D eigenvalue weighted by molar-refractivity contribution is -0.149. The third-order valence-electron chi connectivity index (χ3n) is 6.86. The minimum absolute atomic E-state index is 0.0263. The maximum absolute atomic E-state index is 14.3. The summed E-state index contributed by atoms with van der Waals surface area (Å²) in [7, 11) is 0. The van der Waals surface area contributed by atoms with E-state index in [2.05, 4.69) is 17.6 Å². The third kappa shape index (κ3) is 10.9. The van der Waals surface area contributed by atoms with E-state index in [-0.39, 0.29) is 18.7 Å². The Bertz CT molecular complexity index is 1000. The summed E-state index contributed by atoms with van der Waals surface area (Å²) in [4.78, 5) is 54.1. The quantitative estimate of drug-likeness (QED) is 0.288. The fourth-order valence-corrected chi connectivity index (χ4v) is 4.14. The highest BCUT2D eigenvalue weighted by molar-refractivity contribution is 5.93. The highest BCUT2D eigenvalue weighted by Crippen LogP contribution is 2.33. The summed E-state index contributed by atoms with van der Waals surface area (Å²) in [5.74, 6) is -1.38. The highest BCUT2D eigenvalue weighted by atomic mass is 16.6. The maximum Gasteiger partial charge on any atom is 0.408 e. The molecule has 9 nitrogen and oxygen atoms in total. The van der Waals surface area contributed by atoms with E-state index in [9.17, 15) is 19.2 Å². The molecule has 0 radical (unpaired) electrons. The number of primary amides is 1. The fourth-order valence-electron chi connectivity index (χ4n) is 4.14. The molecule has 2 unspecified atom stereocenters. The number of benzene rings is 1. The molecule has 4 amide bonds. The molecular weight excluding hydrogens is 496 g/mol. The zero-order valence-electron chi connectivity index (χ0n) is 25.4. The summed E-state index contributed by atoms with van der Waals surface area (Å²) in [6.07, 6.45) is 2.43. The summed E-state index contributed by atoms with van der Waals surface area (Å²) in [6, 6.07) is 3.65. The van der Waals surface area contributed by atoms with E-state index in [4.69, 9.17) is 10.5 Å². The molecule has 220 valence electrons. The predicted octanol–water partition coefficient (Wildman–Crippen LogP) is 4.83. The van der Waals surface area contributed by atoms with Gasteiger partial charge in [-0.25, -0.2) is 4.79 Å². The van der Waals surface area contributed by atoms with Crippen LogP contribution in [0.2, 0.25) is 0 Å². The number of amides is 4. The molecule has 0 bridgehead atoms. The molecule has 9 heteroatoms. The lowest BCUT2D eigenvalue weighted by Crippen LogP contribution is -2.59. The first-order chi connectivity index (χ1) is 18.0. The van der Waals surface area contributed by atoms with E-state index < -0.39 is 41.1 Å². The van der Waals surface area contributed by atoms with Crippen molar-refractivity contribution in [2.24, 2.45) is 5.73 Å². The number of hydrogen-bond donors (Lipinski definition) is 3. The minimum atomic E-state index is -1.12. The number of nitrogens with zero attached hydrogens (tertiary/aromatic N) is 1. The van der Waals surface area contributed by atoms with Crippen LogP contribution in [0.15, 0.2) is 18.2 Å². The summed E-state index contributed by atoms with van der Waals surface area (Å²) < 4.78 is 5.40. The summed E-state index contributed by atoms with van der Waals surface area (Å²) >= 11 is 0. The van der Waals surface area contributed by atoms with Crippen molar-refractivity contribution in [3.05, 3.63) is 34.9 Å². The Labute approximate surface area is 234 Å². The minimum Gasteiger partial charge on any atom is -0.444 e. The number of carbonyl (C=O) groups is 4. The van der Waals surface area contributed by atoms with Gasteiger partial charge in [-0.1, -0.05) is 44.9 Å². The summed E-state index contributed by atoms with van der Waals surface area (Å²) in [6.45, 7) is 17.4. The molecule has 0 aromatic heterocycles. The van der Waals surface area contributed by atoms with Gasteiger partial charge in [-0.05, 0) is 84.4 Å². The van der Waals surface area contributed by atoms with Gasteiger partial charge in [-0.2, -0.15) is 0 Å². The van der Waals surface area contributed by atoms with E-state index >= 15 is 0 Å². The normalized spacial score (nSPS) is 13.3. The molecule has 39 heavy (non-hydrogen) atoms. The van der Waals surface area contributed by atoms with E-state index in [1.165, 1.54) is 0 Å². The largest absolute Gasteiger partial charge is 0.444 e. The second-order valence-corrected chi connectivity index (χ2v) is 11.8. The number of alkyl carbamates (subject to hydrolysis) is 1. The van der Waals surface area contributed by atoms with Gasteiger partial charge in [0, 0.05) is 18.5 Å². The van der Waals surface area contributed by atoms with Gasteiger partial charge < -0.3 is 26.0 Å². The lowest BCUT2D eigenvalue weighted by Gasteiger charge is -2.44. The first-order valence-corrected chi connectivity index (χ1v) is 14.0. The van der Waals surface area contributed by atoms with Crippen LogP contribution in [0, 0.1) is 13.8 Å². The molecule has 1 aromatic carbocycles. The van der Waals surface area contributed by atoms with Crippen molar-refractivity contribution in [3.8, 4) is 0 Å². The van der Waals surface area contributed by atoms with Gasteiger partial charge >= 0.3 is 6.09 Å². The van der Waals surface area contributed by atoms with Gasteiger partial charge in [0.25, 0.3) is 0 Å². The number of carbonyl (C=O) groups excluding carboxylic acids is 4. The molecule has 0 fully saturated rings. The fraction of sp³-hybridized carbons (Fsp3) is 0.667. The second kappa shape index (κ2) is 14.9. The molecule has 0 aliphatic rings. The maximum atomic E-state index is 14.3. The zero-order chi connectivity index (χ0) is 30.0. The van der Waals surface area contributed by atoms with Crippen molar-refractivity contribution in [2.75, 3.05) is 6.54 Å². The smallest absolute Gasteiger partial charge is 0.408 e. The molecule has 0 saturated carbocycles. The average molecular weight is 547 g/mol. The molecular formula is C30H50N4O5. The van der Waals surface area contributed by atoms with E-state index in [0.29, 0.717) is 18.5 Å². The second-order valence-electron chi connectivity index (χ2n) is 11.8. The van der Waals surface area contributed by atoms with Crippen LogP contribution >= 0.6 is 0 Å². The molecule has 0 saturated heterocycles. The number of aryl methyl sites for hydroxylation is 2. The van der Waals surface area contributed by atoms with Crippen LogP contribution in [0.1, 0.15) is 110 Å². The van der Waals surface area contributed by atoms with Crippen molar-refractivity contribution in [1.29, 1.82) is 0 Å². The van der Waals surface area contributed by atoms with Crippen LogP contribution in [-0.4, -0.2) is 52.4 Å². The Morgan fingerprint density at radius 2 is 1.64 bits per heavy atom. The van der Waals surface area contributed by atoms with Gasteiger partial charge in [-0.15, -0.1) is 0 Å². The first-order valence-electron chi connectivity index (χ1n) is 14.0. The number of nitrogens with one attached hydrogen (secondary N) is 2. The van der Waals surface area contributed by atoms with Crippen molar-refractivity contribution in [1.82, 2.24) is 15.5 Å². The van der Waals surface area contributed by atoms with Gasteiger partial charge in [0.05, 0.1) is 0 Å². The first kappa shape index (κ1) is 33.9. The Balaban J connectivity index is 3.64. The Morgan fingerprint density at radius 3 is 2.15 bits per heavy atom. The molecule has 0 spiro atoms. The van der Waals surface area contributed by atoms with Crippen LogP contribution in [0.3, 0.4) is 0 Å². The Kier molecular flexibility index (Phi) is 13.0. The van der Waals surface area contributed by atoms with E-state index in [1.54, 1.807) is 25.7 Å². The van der Waals surface area contributed by atoms with Crippen LogP contribution < -0.4 is 16.4 Å². The lowest BCUT2D eigenvalue weighted by atomic mass is 9.90. The summed E-state index contributed by atoms with van der Waals surface area (Å²) in [5, 5.41) is 5.66. The van der Waals surface area contributed by atoms with E-state index in [1.807, 2.05) is 52.8 Å². The van der Waals surface area contributed by atoms with Crippen molar-refractivity contribution in [3.63, 3.8) is 0 Å². The molecule has 0 aliphatic carbocycles. The number of ether oxygens (including phenoxy) is 1.